The van der Waals surface area contributed by atoms with Gasteiger partial charge in [-0.2, -0.15) is 0 Å². The van der Waals surface area contributed by atoms with Crippen molar-refractivity contribution in [3.63, 3.8) is 0 Å². The van der Waals surface area contributed by atoms with E-state index in [4.69, 9.17) is 4.74 Å². The summed E-state index contributed by atoms with van der Waals surface area (Å²) in [7, 11) is -3.44. The number of hydrogen-bond acceptors (Lipinski definition) is 4. The lowest BCUT2D eigenvalue weighted by molar-refractivity contribution is 0.130. The molecule has 0 saturated carbocycles. The Balaban J connectivity index is 2.14. The highest BCUT2D eigenvalue weighted by Gasteiger charge is 2.13. The van der Waals surface area contributed by atoms with Gasteiger partial charge in [-0.3, -0.25) is 0 Å². The van der Waals surface area contributed by atoms with E-state index < -0.39 is 10.0 Å². The quantitative estimate of drug-likeness (QED) is 0.647. The van der Waals surface area contributed by atoms with Crippen LogP contribution in [0, 0.1) is 0 Å². The van der Waals surface area contributed by atoms with Crippen LogP contribution < -0.4 is 4.72 Å². The van der Waals surface area contributed by atoms with E-state index in [1.54, 1.807) is 0 Å². The Kier molecular flexibility index (Phi) is 6.17. The first-order valence-electron chi connectivity index (χ1n) is 5.72. The summed E-state index contributed by atoms with van der Waals surface area (Å²) >= 11 is 0. The molecule has 0 spiro atoms. The highest BCUT2D eigenvalue weighted by molar-refractivity contribution is 7.89. The molecule has 1 rings (SSSR count). The smallest absolute Gasteiger partial charge is 0.257 e. The van der Waals surface area contributed by atoms with Gasteiger partial charge in [0.25, 0.3) is 10.0 Å². The van der Waals surface area contributed by atoms with Gasteiger partial charge in [-0.15, -0.1) is 0 Å². The van der Waals surface area contributed by atoms with Crippen LogP contribution in [0.1, 0.15) is 26.2 Å². The van der Waals surface area contributed by atoms with Crippen molar-refractivity contribution in [1.82, 2.24) is 14.7 Å². The molecule has 0 saturated heterocycles. The van der Waals surface area contributed by atoms with Crippen LogP contribution >= 0.6 is 0 Å². The summed E-state index contributed by atoms with van der Waals surface area (Å²) in [5, 5.41) is 0.0874. The van der Waals surface area contributed by atoms with Crippen LogP contribution in [0.4, 0.5) is 0 Å². The lowest BCUT2D eigenvalue weighted by atomic mass is 10.4. The van der Waals surface area contributed by atoms with E-state index in [0.717, 1.165) is 19.4 Å². The van der Waals surface area contributed by atoms with Crippen LogP contribution in [0.15, 0.2) is 17.6 Å². The van der Waals surface area contributed by atoms with Gasteiger partial charge in [0, 0.05) is 19.8 Å². The number of ether oxygens (including phenoxy) is 1. The Labute approximate surface area is 102 Å². The molecular formula is C10H19N3O3S. The number of sulfonamides is 1. The third kappa shape index (κ3) is 5.29. The molecule has 0 fully saturated rings. The minimum absolute atomic E-state index is 0.0874. The second kappa shape index (κ2) is 7.41. The average molecular weight is 261 g/mol. The molecule has 1 aromatic heterocycles. The maximum Gasteiger partial charge on any atom is 0.257 e. The molecule has 7 heteroatoms. The van der Waals surface area contributed by atoms with E-state index in [2.05, 4.69) is 21.6 Å². The monoisotopic (exact) mass is 261 g/mol. The molecule has 17 heavy (non-hydrogen) atoms. The first-order valence-corrected chi connectivity index (χ1v) is 7.21. The maximum atomic E-state index is 11.6. The van der Waals surface area contributed by atoms with Gasteiger partial charge in [-0.05, 0) is 12.8 Å². The van der Waals surface area contributed by atoms with Crippen LogP contribution in [-0.4, -0.2) is 38.1 Å². The van der Waals surface area contributed by atoms with Crippen LogP contribution in [0.3, 0.4) is 0 Å². The van der Waals surface area contributed by atoms with Gasteiger partial charge in [-0.1, -0.05) is 13.3 Å². The zero-order valence-electron chi connectivity index (χ0n) is 9.98. The van der Waals surface area contributed by atoms with Gasteiger partial charge in [0.2, 0.25) is 0 Å². The van der Waals surface area contributed by atoms with Crippen molar-refractivity contribution in [2.24, 2.45) is 0 Å². The molecule has 0 aliphatic heterocycles. The van der Waals surface area contributed by atoms with Crippen LogP contribution in [0.5, 0.6) is 0 Å². The Morgan fingerprint density at radius 1 is 1.41 bits per heavy atom. The summed E-state index contributed by atoms with van der Waals surface area (Å²) in [5.41, 5.74) is 0. The molecule has 1 aromatic rings. The Morgan fingerprint density at radius 2 is 2.18 bits per heavy atom. The van der Waals surface area contributed by atoms with Gasteiger partial charge in [0.05, 0.1) is 12.5 Å². The molecule has 1 heterocycles. The third-order valence-electron chi connectivity index (χ3n) is 2.16. The van der Waals surface area contributed by atoms with E-state index in [-0.39, 0.29) is 5.03 Å². The fraction of sp³-hybridized carbons (Fsp3) is 0.700. The Hall–Kier alpha value is -0.920. The molecule has 0 aliphatic carbocycles. The number of aromatic nitrogens is 2. The van der Waals surface area contributed by atoms with Crippen molar-refractivity contribution < 1.29 is 13.2 Å². The Morgan fingerprint density at radius 3 is 2.82 bits per heavy atom. The van der Waals surface area contributed by atoms with Crippen LogP contribution in [0.25, 0.3) is 0 Å². The summed E-state index contributed by atoms with van der Waals surface area (Å²) in [4.78, 5) is 6.22. The number of unbranched alkanes of at least 4 members (excludes halogenated alkanes) is 1. The fourth-order valence-corrected chi connectivity index (χ4v) is 2.17. The van der Waals surface area contributed by atoms with Crippen LogP contribution in [0.2, 0.25) is 0 Å². The SMILES string of the molecule is CCCCOCCCNS(=O)(=O)c1cnc[nH]1. The number of nitrogens with one attached hydrogen (secondary N) is 2. The molecule has 0 radical (unpaired) electrons. The summed E-state index contributed by atoms with van der Waals surface area (Å²) in [6, 6.07) is 0. The molecule has 0 unspecified atom stereocenters. The summed E-state index contributed by atoms with van der Waals surface area (Å²) in [5.74, 6) is 0. The topological polar surface area (TPSA) is 84.1 Å². The third-order valence-corrected chi connectivity index (χ3v) is 3.55. The normalized spacial score (nSPS) is 11.8. The number of H-pyrrole nitrogens is 1. The minimum Gasteiger partial charge on any atom is -0.381 e. The van der Waals surface area contributed by atoms with Gasteiger partial charge in [0.15, 0.2) is 5.03 Å². The Bertz CT molecular complexity index is 389. The predicted octanol–water partition coefficient (Wildman–Crippen LogP) is 0.895. The first kappa shape index (κ1) is 14.1. The predicted molar refractivity (Wildman–Crippen MR) is 64.1 cm³/mol. The number of hydrogen-bond donors (Lipinski definition) is 2. The lowest BCUT2D eigenvalue weighted by Gasteiger charge is -2.05. The van der Waals surface area contributed by atoms with Crippen molar-refractivity contribution >= 4 is 10.0 Å². The number of nitrogens with zero attached hydrogens (tertiary/aromatic N) is 1. The van der Waals surface area contributed by atoms with Crippen molar-refractivity contribution in [2.45, 2.75) is 31.2 Å². The first-order chi connectivity index (χ1) is 8.17. The number of aromatic amines is 1. The zero-order valence-corrected chi connectivity index (χ0v) is 10.8. The summed E-state index contributed by atoms with van der Waals surface area (Å²) in [6.07, 6.45) is 5.42. The second-order valence-corrected chi connectivity index (χ2v) is 5.37. The van der Waals surface area contributed by atoms with Crippen LogP contribution in [-0.2, 0) is 14.8 Å². The van der Waals surface area contributed by atoms with Crippen molar-refractivity contribution in [1.29, 1.82) is 0 Å². The molecular weight excluding hydrogens is 242 g/mol. The molecule has 0 bridgehead atoms. The second-order valence-electron chi connectivity index (χ2n) is 3.63. The molecule has 0 atom stereocenters. The lowest BCUT2D eigenvalue weighted by Crippen LogP contribution is -2.25. The van der Waals surface area contributed by atoms with E-state index in [9.17, 15) is 8.42 Å². The van der Waals surface area contributed by atoms with Gasteiger partial charge in [-0.25, -0.2) is 18.1 Å². The highest BCUT2D eigenvalue weighted by Crippen LogP contribution is 2.01. The molecule has 98 valence electrons. The van der Waals surface area contributed by atoms with E-state index in [1.807, 2.05) is 0 Å². The van der Waals surface area contributed by atoms with Gasteiger partial charge < -0.3 is 9.72 Å². The van der Waals surface area contributed by atoms with E-state index >= 15 is 0 Å². The largest absolute Gasteiger partial charge is 0.381 e. The molecule has 2 N–H and O–H groups in total. The van der Waals surface area contributed by atoms with Gasteiger partial charge in [0.1, 0.15) is 0 Å². The molecule has 6 nitrogen and oxygen atoms in total. The number of imidazole rings is 1. The minimum atomic E-state index is -3.44. The maximum absolute atomic E-state index is 11.6. The van der Waals surface area contributed by atoms with Crippen molar-refractivity contribution in [3.05, 3.63) is 12.5 Å². The molecule has 0 aliphatic rings. The van der Waals surface area contributed by atoms with Crippen molar-refractivity contribution in [3.8, 4) is 0 Å². The summed E-state index contributed by atoms with van der Waals surface area (Å²) in [6.45, 7) is 3.78. The van der Waals surface area contributed by atoms with E-state index in [1.165, 1.54) is 12.5 Å². The van der Waals surface area contributed by atoms with Gasteiger partial charge >= 0.3 is 0 Å². The van der Waals surface area contributed by atoms with Crippen molar-refractivity contribution in [2.75, 3.05) is 19.8 Å². The standard InChI is InChI=1S/C10H19N3O3S/c1-2-3-6-16-7-4-5-13-17(14,15)10-8-11-9-12-10/h8-9,13H,2-7H2,1H3,(H,11,12). The highest BCUT2D eigenvalue weighted by atomic mass is 32.2. The number of rotatable bonds is 9. The molecule has 0 aromatic carbocycles. The molecule has 0 amide bonds. The average Bonchev–Trinajstić information content (AvgIpc) is 2.82. The zero-order chi connectivity index (χ0) is 12.6. The summed E-state index contributed by atoms with van der Waals surface area (Å²) < 4.78 is 31.0. The van der Waals surface area contributed by atoms with E-state index in [0.29, 0.717) is 19.6 Å². The fourth-order valence-electron chi connectivity index (χ4n) is 1.20.